The van der Waals surface area contributed by atoms with E-state index in [0.717, 1.165) is 6.54 Å². The number of ether oxygens (including phenoxy) is 1. The number of nitrogens with one attached hydrogen (secondary N) is 1. The van der Waals surface area contributed by atoms with Crippen LogP contribution in [0.3, 0.4) is 0 Å². The van der Waals surface area contributed by atoms with E-state index in [1.807, 2.05) is 0 Å². The molecule has 0 amide bonds. The quantitative estimate of drug-likeness (QED) is 0.770. The van der Waals surface area contributed by atoms with E-state index < -0.39 is 5.97 Å². The first-order chi connectivity index (χ1) is 9.68. The highest BCUT2D eigenvalue weighted by molar-refractivity contribution is 7.10. The molecule has 0 unspecified atom stereocenters. The van der Waals surface area contributed by atoms with Gasteiger partial charge < -0.3 is 15.2 Å². The summed E-state index contributed by atoms with van der Waals surface area (Å²) in [6.07, 6.45) is 0. The van der Waals surface area contributed by atoms with Crippen LogP contribution in [0.2, 0.25) is 0 Å². The van der Waals surface area contributed by atoms with Gasteiger partial charge in [-0.15, -0.1) is 11.3 Å². The average molecular weight is 291 g/mol. The lowest BCUT2D eigenvalue weighted by atomic mass is 10.2. The second-order valence-electron chi connectivity index (χ2n) is 4.35. The van der Waals surface area contributed by atoms with Gasteiger partial charge in [-0.25, -0.2) is 4.79 Å². The Morgan fingerprint density at radius 3 is 2.85 bits per heavy atom. The van der Waals surface area contributed by atoms with Crippen molar-refractivity contribution in [1.29, 1.82) is 0 Å². The lowest BCUT2D eigenvalue weighted by molar-refractivity contribution is 0.0692. The van der Waals surface area contributed by atoms with E-state index in [0.29, 0.717) is 18.9 Å². The van der Waals surface area contributed by atoms with Gasteiger partial charge in [-0.05, 0) is 36.1 Å². The Labute approximate surface area is 122 Å². The van der Waals surface area contributed by atoms with Crippen LogP contribution in [-0.4, -0.2) is 24.2 Å². The number of aromatic carboxylic acids is 1. The highest BCUT2D eigenvalue weighted by atomic mass is 32.1. The van der Waals surface area contributed by atoms with Crippen molar-refractivity contribution in [3.05, 3.63) is 51.7 Å². The van der Waals surface area contributed by atoms with E-state index in [1.54, 1.807) is 35.6 Å². The number of hydrogen-bond acceptors (Lipinski definition) is 4. The van der Waals surface area contributed by atoms with E-state index in [-0.39, 0.29) is 5.56 Å². The number of para-hydroxylation sites is 1. The first-order valence-corrected chi connectivity index (χ1v) is 7.25. The van der Waals surface area contributed by atoms with E-state index in [4.69, 9.17) is 9.84 Å². The van der Waals surface area contributed by atoms with Gasteiger partial charge in [0.25, 0.3) is 0 Å². The molecule has 106 valence electrons. The number of benzene rings is 1. The number of rotatable bonds is 7. The zero-order valence-corrected chi connectivity index (χ0v) is 12.1. The molecule has 0 saturated carbocycles. The molecule has 0 aliphatic rings. The van der Waals surface area contributed by atoms with E-state index in [9.17, 15) is 4.79 Å². The van der Waals surface area contributed by atoms with E-state index in [2.05, 4.69) is 23.7 Å². The van der Waals surface area contributed by atoms with Crippen LogP contribution in [0.5, 0.6) is 5.75 Å². The second kappa shape index (κ2) is 7.07. The van der Waals surface area contributed by atoms with Crippen molar-refractivity contribution in [2.24, 2.45) is 0 Å². The third kappa shape index (κ3) is 3.82. The Hall–Kier alpha value is -1.85. The van der Waals surface area contributed by atoms with Crippen LogP contribution < -0.4 is 10.1 Å². The van der Waals surface area contributed by atoms with Crippen molar-refractivity contribution in [3.63, 3.8) is 0 Å². The molecule has 1 heterocycles. The number of carboxylic acid groups (broad SMARTS) is 1. The lowest BCUT2D eigenvalue weighted by Gasteiger charge is -2.09. The fraction of sp³-hybridized carbons (Fsp3) is 0.267. The monoisotopic (exact) mass is 291 g/mol. The topological polar surface area (TPSA) is 58.6 Å². The van der Waals surface area contributed by atoms with Crippen LogP contribution in [0.25, 0.3) is 0 Å². The standard InChI is InChI=1S/C15H17NO3S/c1-11-6-9-20-14(11)10-16-7-8-19-13-5-3-2-4-12(13)15(17)18/h2-6,9,16H,7-8,10H2,1H3,(H,17,18). The zero-order valence-electron chi connectivity index (χ0n) is 11.3. The van der Waals surface area contributed by atoms with Crippen LogP contribution in [0.15, 0.2) is 35.7 Å². The summed E-state index contributed by atoms with van der Waals surface area (Å²) >= 11 is 1.73. The fourth-order valence-electron chi connectivity index (χ4n) is 1.79. The van der Waals surface area contributed by atoms with Gasteiger partial charge in [-0.3, -0.25) is 0 Å². The summed E-state index contributed by atoms with van der Waals surface area (Å²) in [5.74, 6) is -0.558. The number of aryl methyl sites for hydroxylation is 1. The van der Waals surface area contributed by atoms with Gasteiger partial charge in [0.2, 0.25) is 0 Å². The highest BCUT2D eigenvalue weighted by Crippen LogP contribution is 2.17. The van der Waals surface area contributed by atoms with E-state index >= 15 is 0 Å². The Morgan fingerprint density at radius 2 is 2.15 bits per heavy atom. The lowest BCUT2D eigenvalue weighted by Crippen LogP contribution is -2.21. The van der Waals surface area contributed by atoms with Crippen LogP contribution in [0, 0.1) is 6.92 Å². The third-order valence-electron chi connectivity index (χ3n) is 2.91. The summed E-state index contributed by atoms with van der Waals surface area (Å²) < 4.78 is 5.51. The van der Waals surface area contributed by atoms with Crippen molar-refractivity contribution in [2.75, 3.05) is 13.2 Å². The second-order valence-corrected chi connectivity index (χ2v) is 5.35. The molecule has 0 fully saturated rings. The van der Waals surface area contributed by atoms with Gasteiger partial charge in [-0.2, -0.15) is 0 Å². The molecule has 20 heavy (non-hydrogen) atoms. The molecule has 1 aromatic heterocycles. The Morgan fingerprint density at radius 1 is 1.35 bits per heavy atom. The predicted molar refractivity (Wildman–Crippen MR) is 79.7 cm³/mol. The normalized spacial score (nSPS) is 10.4. The number of carbonyl (C=O) groups is 1. The molecule has 4 nitrogen and oxygen atoms in total. The number of thiophene rings is 1. The maximum absolute atomic E-state index is 11.0. The van der Waals surface area contributed by atoms with Crippen LogP contribution in [-0.2, 0) is 6.54 Å². The first-order valence-electron chi connectivity index (χ1n) is 6.37. The largest absolute Gasteiger partial charge is 0.491 e. The summed E-state index contributed by atoms with van der Waals surface area (Å²) in [6.45, 7) is 4.01. The molecule has 2 N–H and O–H groups in total. The van der Waals surface area contributed by atoms with Gasteiger partial charge in [0.05, 0.1) is 0 Å². The molecule has 0 bridgehead atoms. The Bertz CT molecular complexity index is 580. The van der Waals surface area contributed by atoms with Gasteiger partial charge in [0.15, 0.2) is 0 Å². The minimum atomic E-state index is -0.970. The molecule has 2 aromatic rings. The molecule has 2 rings (SSSR count). The maximum atomic E-state index is 11.0. The molecule has 0 aliphatic carbocycles. The van der Waals surface area contributed by atoms with Crippen LogP contribution >= 0.6 is 11.3 Å². The molecular formula is C15H17NO3S. The number of hydrogen-bond donors (Lipinski definition) is 2. The fourth-order valence-corrected chi connectivity index (χ4v) is 2.67. The summed E-state index contributed by atoms with van der Waals surface area (Å²) in [4.78, 5) is 12.3. The Balaban J connectivity index is 1.76. The smallest absolute Gasteiger partial charge is 0.339 e. The third-order valence-corrected chi connectivity index (χ3v) is 3.93. The average Bonchev–Trinajstić information content (AvgIpc) is 2.84. The molecule has 5 heteroatoms. The first kappa shape index (κ1) is 14.6. The summed E-state index contributed by atoms with van der Waals surface area (Å²) in [7, 11) is 0. The summed E-state index contributed by atoms with van der Waals surface area (Å²) in [5.41, 5.74) is 1.49. The Kier molecular flexibility index (Phi) is 5.15. The van der Waals surface area contributed by atoms with Crippen molar-refractivity contribution in [2.45, 2.75) is 13.5 Å². The van der Waals surface area contributed by atoms with Gasteiger partial charge in [-0.1, -0.05) is 12.1 Å². The maximum Gasteiger partial charge on any atom is 0.339 e. The van der Waals surface area contributed by atoms with Crippen molar-refractivity contribution < 1.29 is 14.6 Å². The molecule has 0 spiro atoms. The summed E-state index contributed by atoms with van der Waals surface area (Å²) in [6, 6.07) is 8.77. The SMILES string of the molecule is Cc1ccsc1CNCCOc1ccccc1C(=O)O. The van der Waals surface area contributed by atoms with Gasteiger partial charge in [0, 0.05) is 18.0 Å². The van der Waals surface area contributed by atoms with Crippen molar-refractivity contribution in [1.82, 2.24) is 5.32 Å². The minimum absolute atomic E-state index is 0.196. The van der Waals surface area contributed by atoms with Crippen molar-refractivity contribution in [3.8, 4) is 5.75 Å². The van der Waals surface area contributed by atoms with Crippen molar-refractivity contribution >= 4 is 17.3 Å². The number of carboxylic acids is 1. The van der Waals surface area contributed by atoms with E-state index in [1.165, 1.54) is 10.4 Å². The van der Waals surface area contributed by atoms with Crippen LogP contribution in [0.4, 0.5) is 0 Å². The van der Waals surface area contributed by atoms with Gasteiger partial charge in [0.1, 0.15) is 17.9 Å². The molecule has 1 aromatic carbocycles. The molecule has 0 radical (unpaired) electrons. The minimum Gasteiger partial charge on any atom is -0.491 e. The zero-order chi connectivity index (χ0) is 14.4. The van der Waals surface area contributed by atoms with Crippen LogP contribution in [0.1, 0.15) is 20.8 Å². The predicted octanol–water partition coefficient (Wildman–Crippen LogP) is 2.92. The molecule has 0 aliphatic heterocycles. The summed E-state index contributed by atoms with van der Waals surface area (Å²) in [5, 5.41) is 14.4. The van der Waals surface area contributed by atoms with Gasteiger partial charge >= 0.3 is 5.97 Å². The molecule has 0 atom stereocenters. The highest BCUT2D eigenvalue weighted by Gasteiger charge is 2.09. The molecule has 0 saturated heterocycles. The molecular weight excluding hydrogens is 274 g/mol.